The highest BCUT2D eigenvalue weighted by Crippen LogP contribution is 2.28. The first kappa shape index (κ1) is 19.3. The zero-order valence-corrected chi connectivity index (χ0v) is 14.2. The van der Waals surface area contributed by atoms with Crippen molar-refractivity contribution in [3.8, 4) is 11.5 Å². The number of rotatable bonds is 7. The first-order valence-corrected chi connectivity index (χ1v) is 7.36. The van der Waals surface area contributed by atoms with E-state index in [0.717, 1.165) is 0 Å². The first-order valence-electron chi connectivity index (χ1n) is 7.36. The molecule has 2 N–H and O–H groups in total. The van der Waals surface area contributed by atoms with Crippen molar-refractivity contribution < 1.29 is 28.6 Å². The summed E-state index contributed by atoms with van der Waals surface area (Å²) in [6.45, 7) is 3.98. The molecule has 3 amide bonds. The van der Waals surface area contributed by atoms with E-state index in [1.807, 2.05) is 19.2 Å². The number of carbonyl (C=O) groups excluding carboxylic acids is 3. The largest absolute Gasteiger partial charge is 0.493 e. The van der Waals surface area contributed by atoms with Gasteiger partial charge in [0.2, 0.25) is 0 Å². The number of imide groups is 1. The maximum Gasteiger partial charge on any atom is 0.338 e. The van der Waals surface area contributed by atoms with Gasteiger partial charge in [-0.1, -0.05) is 13.8 Å². The van der Waals surface area contributed by atoms with Gasteiger partial charge >= 0.3 is 12.0 Å². The Morgan fingerprint density at radius 2 is 1.88 bits per heavy atom. The monoisotopic (exact) mass is 338 g/mol. The third kappa shape index (κ3) is 6.15. The average Bonchev–Trinajstić information content (AvgIpc) is 2.57. The molecule has 0 heterocycles. The van der Waals surface area contributed by atoms with E-state index >= 15 is 0 Å². The van der Waals surface area contributed by atoms with Crippen molar-refractivity contribution >= 4 is 17.9 Å². The van der Waals surface area contributed by atoms with Gasteiger partial charge in [0.1, 0.15) is 0 Å². The molecular weight excluding hydrogens is 316 g/mol. The number of amides is 3. The van der Waals surface area contributed by atoms with Crippen LogP contribution in [-0.2, 0) is 9.53 Å². The van der Waals surface area contributed by atoms with Crippen LogP contribution in [0.2, 0.25) is 0 Å². The Hall–Kier alpha value is -2.77. The molecule has 8 heteroatoms. The number of ether oxygens (including phenoxy) is 3. The Labute approximate surface area is 140 Å². The lowest BCUT2D eigenvalue weighted by Gasteiger charge is -2.13. The van der Waals surface area contributed by atoms with E-state index in [-0.39, 0.29) is 5.56 Å². The van der Waals surface area contributed by atoms with Crippen LogP contribution < -0.4 is 20.1 Å². The highest BCUT2D eigenvalue weighted by molar-refractivity contribution is 5.97. The summed E-state index contributed by atoms with van der Waals surface area (Å²) in [5.74, 6) is -0.194. The molecule has 0 aliphatic heterocycles. The Morgan fingerprint density at radius 3 is 2.46 bits per heavy atom. The van der Waals surface area contributed by atoms with Crippen molar-refractivity contribution in [2.24, 2.45) is 5.92 Å². The molecule has 0 aliphatic carbocycles. The molecule has 24 heavy (non-hydrogen) atoms. The number of hydrogen-bond donors (Lipinski definition) is 2. The zero-order valence-electron chi connectivity index (χ0n) is 14.2. The lowest BCUT2D eigenvalue weighted by atomic mass is 10.2. The molecule has 1 aromatic rings. The summed E-state index contributed by atoms with van der Waals surface area (Å²) in [5.41, 5.74) is 0.205. The molecule has 132 valence electrons. The van der Waals surface area contributed by atoms with Crippen molar-refractivity contribution in [1.29, 1.82) is 0 Å². The molecule has 0 aliphatic rings. The molecular formula is C16H22N2O6. The van der Waals surface area contributed by atoms with Gasteiger partial charge in [-0.25, -0.2) is 9.59 Å². The lowest BCUT2D eigenvalue weighted by molar-refractivity contribution is -0.123. The smallest absolute Gasteiger partial charge is 0.338 e. The fraction of sp³-hybridized carbons (Fsp3) is 0.438. The number of esters is 1. The molecule has 8 nitrogen and oxygen atoms in total. The Bertz CT molecular complexity index is 600. The molecule has 0 radical (unpaired) electrons. The maximum atomic E-state index is 12.0. The average molecular weight is 338 g/mol. The van der Waals surface area contributed by atoms with E-state index in [2.05, 4.69) is 5.32 Å². The van der Waals surface area contributed by atoms with Gasteiger partial charge in [0.15, 0.2) is 18.1 Å². The van der Waals surface area contributed by atoms with Crippen molar-refractivity contribution in [3.05, 3.63) is 23.8 Å². The number of carbonyl (C=O) groups is 3. The van der Waals surface area contributed by atoms with Gasteiger partial charge in [0.05, 0.1) is 19.3 Å². The SMILES string of the molecule is CNC(=O)NC(=O)COC(=O)c1ccc(OCC(C)C)c(OC)c1. The highest BCUT2D eigenvalue weighted by atomic mass is 16.5. The molecule has 1 aromatic carbocycles. The third-order valence-corrected chi connectivity index (χ3v) is 2.79. The topological polar surface area (TPSA) is 103 Å². The molecule has 0 spiro atoms. The molecule has 0 aromatic heterocycles. The van der Waals surface area contributed by atoms with E-state index in [0.29, 0.717) is 24.0 Å². The minimum Gasteiger partial charge on any atom is -0.493 e. The van der Waals surface area contributed by atoms with Gasteiger partial charge in [0, 0.05) is 7.05 Å². The number of methoxy groups -OCH3 is 1. The fourth-order valence-corrected chi connectivity index (χ4v) is 1.61. The quantitative estimate of drug-likeness (QED) is 0.727. The summed E-state index contributed by atoms with van der Waals surface area (Å²) < 4.78 is 15.6. The molecule has 0 unspecified atom stereocenters. The van der Waals surface area contributed by atoms with Crippen LogP contribution in [-0.4, -0.2) is 45.3 Å². The van der Waals surface area contributed by atoms with Gasteiger partial charge < -0.3 is 19.5 Å². The third-order valence-electron chi connectivity index (χ3n) is 2.79. The van der Waals surface area contributed by atoms with Crippen LogP contribution in [0, 0.1) is 5.92 Å². The van der Waals surface area contributed by atoms with Crippen LogP contribution in [0.5, 0.6) is 11.5 Å². The zero-order chi connectivity index (χ0) is 18.1. The second-order valence-electron chi connectivity index (χ2n) is 5.27. The van der Waals surface area contributed by atoms with Gasteiger partial charge in [-0.2, -0.15) is 0 Å². The van der Waals surface area contributed by atoms with E-state index in [9.17, 15) is 14.4 Å². The number of nitrogens with one attached hydrogen (secondary N) is 2. The predicted octanol–water partition coefficient (Wildman–Crippen LogP) is 1.34. The molecule has 1 rings (SSSR count). The first-order chi connectivity index (χ1) is 11.4. The van der Waals surface area contributed by atoms with Crippen LogP contribution in [0.4, 0.5) is 4.79 Å². The summed E-state index contributed by atoms with van der Waals surface area (Å²) in [5, 5.41) is 4.20. The Kier molecular flexibility index (Phi) is 7.54. The summed E-state index contributed by atoms with van der Waals surface area (Å²) in [7, 11) is 2.83. The number of benzene rings is 1. The second kappa shape index (κ2) is 9.39. The van der Waals surface area contributed by atoms with Crippen LogP contribution in [0.15, 0.2) is 18.2 Å². The van der Waals surface area contributed by atoms with Gasteiger partial charge in [-0.05, 0) is 24.1 Å². The predicted molar refractivity (Wildman–Crippen MR) is 86.2 cm³/mol. The fourth-order valence-electron chi connectivity index (χ4n) is 1.61. The van der Waals surface area contributed by atoms with Crippen LogP contribution >= 0.6 is 0 Å². The summed E-state index contributed by atoms with van der Waals surface area (Å²) in [6.07, 6.45) is 0. The molecule has 0 fully saturated rings. The second-order valence-corrected chi connectivity index (χ2v) is 5.27. The summed E-state index contributed by atoms with van der Waals surface area (Å²) in [6, 6.07) is 3.90. The van der Waals surface area contributed by atoms with Crippen molar-refractivity contribution in [3.63, 3.8) is 0 Å². The standard InChI is InChI=1S/C16H22N2O6/c1-10(2)8-23-12-6-5-11(7-13(12)22-4)15(20)24-9-14(19)18-16(21)17-3/h5-7,10H,8-9H2,1-4H3,(H2,17,18,19,21). The maximum absolute atomic E-state index is 12.0. The highest BCUT2D eigenvalue weighted by Gasteiger charge is 2.15. The van der Waals surface area contributed by atoms with E-state index in [4.69, 9.17) is 14.2 Å². The van der Waals surface area contributed by atoms with E-state index in [1.54, 1.807) is 6.07 Å². The van der Waals surface area contributed by atoms with Crippen molar-refractivity contribution in [1.82, 2.24) is 10.6 Å². The van der Waals surface area contributed by atoms with Crippen LogP contribution in [0.25, 0.3) is 0 Å². The molecule has 0 atom stereocenters. The number of hydrogen-bond acceptors (Lipinski definition) is 6. The lowest BCUT2D eigenvalue weighted by Crippen LogP contribution is -2.39. The van der Waals surface area contributed by atoms with Crippen LogP contribution in [0.3, 0.4) is 0 Å². The minimum absolute atomic E-state index is 0.205. The van der Waals surface area contributed by atoms with Crippen molar-refractivity contribution in [2.45, 2.75) is 13.8 Å². The van der Waals surface area contributed by atoms with Gasteiger partial charge in [0.25, 0.3) is 5.91 Å². The van der Waals surface area contributed by atoms with E-state index < -0.39 is 24.5 Å². The Morgan fingerprint density at radius 1 is 1.17 bits per heavy atom. The summed E-state index contributed by atoms with van der Waals surface area (Å²) >= 11 is 0. The molecule has 0 saturated carbocycles. The van der Waals surface area contributed by atoms with Gasteiger partial charge in [-0.3, -0.25) is 10.1 Å². The van der Waals surface area contributed by atoms with Crippen molar-refractivity contribution in [2.75, 3.05) is 27.4 Å². The number of urea groups is 1. The molecule has 0 saturated heterocycles. The van der Waals surface area contributed by atoms with Crippen LogP contribution in [0.1, 0.15) is 24.2 Å². The molecule has 0 bridgehead atoms. The van der Waals surface area contributed by atoms with E-state index in [1.165, 1.54) is 26.3 Å². The Balaban J connectivity index is 2.67. The normalized spacial score (nSPS) is 10.0. The summed E-state index contributed by atoms with van der Waals surface area (Å²) in [4.78, 5) is 34.3. The minimum atomic E-state index is -0.730. The van der Waals surface area contributed by atoms with Gasteiger partial charge in [-0.15, -0.1) is 0 Å².